The molecule has 1 amide bonds. The van der Waals surface area contributed by atoms with Gasteiger partial charge in [-0.3, -0.25) is 9.78 Å². The zero-order valence-corrected chi connectivity index (χ0v) is 15.7. The van der Waals surface area contributed by atoms with Gasteiger partial charge in [-0.05, 0) is 61.9 Å². The molecule has 0 radical (unpaired) electrons. The lowest BCUT2D eigenvalue weighted by molar-refractivity contribution is 0.102. The van der Waals surface area contributed by atoms with E-state index < -0.39 is 0 Å². The molecule has 27 heavy (non-hydrogen) atoms. The number of hydrogen-bond donors (Lipinski definition) is 1. The summed E-state index contributed by atoms with van der Waals surface area (Å²) < 4.78 is 11.0. The molecular weight excluding hydrogens is 340 g/mol. The summed E-state index contributed by atoms with van der Waals surface area (Å²) in [6.07, 6.45) is 0.845. The molecule has 0 aliphatic rings. The van der Waals surface area contributed by atoms with Crippen molar-refractivity contribution in [1.29, 1.82) is 0 Å². The van der Waals surface area contributed by atoms with Crippen molar-refractivity contribution in [2.75, 3.05) is 12.4 Å². The number of carbonyl (C=O) groups is 1. The van der Waals surface area contributed by atoms with Crippen LogP contribution in [0.25, 0.3) is 0 Å². The van der Waals surface area contributed by atoms with Crippen molar-refractivity contribution in [3.05, 3.63) is 77.6 Å². The van der Waals surface area contributed by atoms with E-state index in [1.165, 1.54) is 0 Å². The molecule has 2 aromatic carbocycles. The Balaban J connectivity index is 1.67. The van der Waals surface area contributed by atoms with E-state index in [1.807, 2.05) is 50.2 Å². The molecule has 138 valence electrons. The molecular formula is C22H22N2O3. The van der Waals surface area contributed by atoms with Gasteiger partial charge in [0.05, 0.1) is 18.4 Å². The molecule has 3 rings (SSSR count). The highest BCUT2D eigenvalue weighted by molar-refractivity contribution is 6.05. The number of amides is 1. The second-order valence-corrected chi connectivity index (χ2v) is 6.05. The van der Waals surface area contributed by atoms with E-state index in [9.17, 15) is 4.79 Å². The molecule has 0 bridgehead atoms. The Morgan fingerprint density at radius 1 is 1.00 bits per heavy atom. The zero-order chi connectivity index (χ0) is 19.2. The first-order chi connectivity index (χ1) is 13.1. The summed E-state index contributed by atoms with van der Waals surface area (Å²) in [6, 6.07) is 18.3. The van der Waals surface area contributed by atoms with E-state index in [2.05, 4.69) is 10.3 Å². The summed E-state index contributed by atoms with van der Waals surface area (Å²) in [5, 5.41) is 2.89. The van der Waals surface area contributed by atoms with E-state index in [0.29, 0.717) is 22.7 Å². The highest BCUT2D eigenvalue weighted by Gasteiger charge is 2.11. The van der Waals surface area contributed by atoms with Gasteiger partial charge in [0, 0.05) is 17.4 Å². The van der Waals surface area contributed by atoms with Crippen LogP contribution in [0, 0.1) is 6.92 Å². The van der Waals surface area contributed by atoms with E-state index in [1.54, 1.807) is 31.4 Å². The van der Waals surface area contributed by atoms with Gasteiger partial charge in [-0.2, -0.15) is 0 Å². The maximum absolute atomic E-state index is 12.5. The van der Waals surface area contributed by atoms with Gasteiger partial charge in [0.25, 0.3) is 5.91 Å². The molecule has 0 unspecified atom stereocenters. The number of hydrogen-bond acceptors (Lipinski definition) is 4. The molecule has 0 spiro atoms. The highest BCUT2D eigenvalue weighted by atomic mass is 16.5. The summed E-state index contributed by atoms with van der Waals surface area (Å²) in [7, 11) is 1.61. The second kappa shape index (κ2) is 8.36. The van der Waals surface area contributed by atoms with Crippen molar-refractivity contribution in [2.45, 2.75) is 20.3 Å². The zero-order valence-electron chi connectivity index (χ0n) is 15.7. The molecule has 0 aliphatic heterocycles. The fourth-order valence-electron chi connectivity index (χ4n) is 2.66. The number of nitrogens with zero attached hydrogens (tertiary/aromatic N) is 1. The summed E-state index contributed by atoms with van der Waals surface area (Å²) in [6.45, 7) is 3.88. The Kier molecular flexibility index (Phi) is 5.71. The van der Waals surface area contributed by atoms with Crippen LogP contribution in [0.4, 0.5) is 5.69 Å². The van der Waals surface area contributed by atoms with Crippen LogP contribution in [0.15, 0.2) is 60.7 Å². The average Bonchev–Trinajstić information content (AvgIpc) is 2.69. The molecule has 0 atom stereocenters. The summed E-state index contributed by atoms with van der Waals surface area (Å²) in [4.78, 5) is 16.9. The first-order valence-electron chi connectivity index (χ1n) is 8.79. The predicted molar refractivity (Wildman–Crippen MR) is 106 cm³/mol. The van der Waals surface area contributed by atoms with Gasteiger partial charge < -0.3 is 14.8 Å². The first-order valence-corrected chi connectivity index (χ1v) is 8.79. The molecule has 0 saturated carbocycles. The first kappa shape index (κ1) is 18.5. The Hall–Kier alpha value is -3.34. The van der Waals surface area contributed by atoms with Crippen LogP contribution in [-0.2, 0) is 6.42 Å². The number of anilines is 1. The lowest BCUT2D eigenvalue weighted by Gasteiger charge is -2.10. The van der Waals surface area contributed by atoms with Crippen LogP contribution in [0.2, 0.25) is 0 Å². The van der Waals surface area contributed by atoms with Crippen LogP contribution in [0.5, 0.6) is 17.2 Å². The van der Waals surface area contributed by atoms with E-state index in [4.69, 9.17) is 9.47 Å². The van der Waals surface area contributed by atoms with Crippen LogP contribution in [-0.4, -0.2) is 18.0 Å². The molecule has 1 heterocycles. The quantitative estimate of drug-likeness (QED) is 0.670. The van der Waals surface area contributed by atoms with Gasteiger partial charge >= 0.3 is 0 Å². The van der Waals surface area contributed by atoms with Crippen molar-refractivity contribution < 1.29 is 14.3 Å². The van der Waals surface area contributed by atoms with Crippen LogP contribution in [0.1, 0.15) is 28.7 Å². The molecule has 3 aromatic rings. The fraction of sp³-hybridized carbons (Fsp3) is 0.182. The normalized spacial score (nSPS) is 10.3. The Morgan fingerprint density at radius 3 is 2.41 bits per heavy atom. The maximum atomic E-state index is 12.5. The number of ether oxygens (including phenoxy) is 2. The van der Waals surface area contributed by atoms with Crippen molar-refractivity contribution in [1.82, 2.24) is 4.98 Å². The molecule has 5 nitrogen and oxygen atoms in total. The minimum atomic E-state index is -0.177. The third-order valence-electron chi connectivity index (χ3n) is 4.14. The van der Waals surface area contributed by atoms with Crippen molar-refractivity contribution >= 4 is 11.6 Å². The second-order valence-electron chi connectivity index (χ2n) is 6.05. The molecule has 1 N–H and O–H groups in total. The van der Waals surface area contributed by atoms with Gasteiger partial charge in [0.2, 0.25) is 0 Å². The average molecular weight is 362 g/mol. The molecule has 0 aliphatic carbocycles. The number of aryl methyl sites for hydroxylation is 2. The van der Waals surface area contributed by atoms with Gasteiger partial charge in [-0.1, -0.05) is 13.0 Å². The minimum absolute atomic E-state index is 0.177. The van der Waals surface area contributed by atoms with Gasteiger partial charge in [0.15, 0.2) is 0 Å². The third-order valence-corrected chi connectivity index (χ3v) is 4.14. The van der Waals surface area contributed by atoms with Gasteiger partial charge in [0.1, 0.15) is 17.2 Å². The number of methoxy groups -OCH3 is 1. The van der Waals surface area contributed by atoms with Gasteiger partial charge in [-0.15, -0.1) is 0 Å². The number of aromatic nitrogens is 1. The summed E-state index contributed by atoms with van der Waals surface area (Å²) >= 11 is 0. The van der Waals surface area contributed by atoms with Crippen molar-refractivity contribution in [2.24, 2.45) is 0 Å². The monoisotopic (exact) mass is 362 g/mol. The van der Waals surface area contributed by atoms with Gasteiger partial charge in [-0.25, -0.2) is 0 Å². The Labute approximate surface area is 159 Å². The largest absolute Gasteiger partial charge is 0.497 e. The smallest absolute Gasteiger partial charge is 0.257 e. The van der Waals surface area contributed by atoms with E-state index >= 15 is 0 Å². The van der Waals surface area contributed by atoms with E-state index in [0.717, 1.165) is 23.6 Å². The Morgan fingerprint density at radius 2 is 1.74 bits per heavy atom. The number of benzene rings is 2. The standard InChI is InChI=1S/C22H22N2O3/c1-4-16-10-13-21(15(2)23-16)22(25)24-17-8-11-18(12-9-17)27-20-7-5-6-19(14-20)26-3/h5-14H,4H2,1-3H3,(H,24,25). The van der Waals surface area contributed by atoms with Crippen molar-refractivity contribution in [3.63, 3.8) is 0 Å². The third kappa shape index (κ3) is 4.64. The van der Waals surface area contributed by atoms with E-state index in [-0.39, 0.29) is 5.91 Å². The minimum Gasteiger partial charge on any atom is -0.497 e. The number of rotatable bonds is 6. The molecule has 1 aromatic heterocycles. The number of nitrogens with one attached hydrogen (secondary N) is 1. The van der Waals surface area contributed by atoms with Crippen LogP contribution >= 0.6 is 0 Å². The predicted octanol–water partition coefficient (Wildman–Crippen LogP) is 5.01. The van der Waals surface area contributed by atoms with Crippen LogP contribution in [0.3, 0.4) is 0 Å². The topological polar surface area (TPSA) is 60.5 Å². The van der Waals surface area contributed by atoms with Crippen molar-refractivity contribution in [3.8, 4) is 17.2 Å². The summed E-state index contributed by atoms with van der Waals surface area (Å²) in [5.41, 5.74) is 2.97. The summed E-state index contributed by atoms with van der Waals surface area (Å²) in [5.74, 6) is 1.91. The lowest BCUT2D eigenvalue weighted by Crippen LogP contribution is -2.14. The number of carbonyl (C=O) groups excluding carboxylic acids is 1. The number of pyridine rings is 1. The fourth-order valence-corrected chi connectivity index (χ4v) is 2.66. The molecule has 0 saturated heterocycles. The lowest BCUT2D eigenvalue weighted by atomic mass is 10.1. The maximum Gasteiger partial charge on any atom is 0.257 e. The van der Waals surface area contributed by atoms with Crippen LogP contribution < -0.4 is 14.8 Å². The molecule has 0 fully saturated rings. The highest BCUT2D eigenvalue weighted by Crippen LogP contribution is 2.26. The SMILES string of the molecule is CCc1ccc(C(=O)Nc2ccc(Oc3cccc(OC)c3)cc2)c(C)n1. The molecule has 5 heteroatoms. The Bertz CT molecular complexity index is 937.